The van der Waals surface area contributed by atoms with Gasteiger partial charge in [0.1, 0.15) is 0 Å². The molecule has 1 aromatic carbocycles. The van der Waals surface area contributed by atoms with E-state index in [1.807, 2.05) is 31.2 Å². The lowest BCUT2D eigenvalue weighted by Crippen LogP contribution is -2.46. The first kappa shape index (κ1) is 15.8. The number of ether oxygens (including phenoxy) is 1. The molecule has 3 atom stereocenters. The molecule has 2 rings (SSSR count). The van der Waals surface area contributed by atoms with Gasteiger partial charge < -0.3 is 20.1 Å². The number of rotatable bonds is 5. The molecule has 0 saturated heterocycles. The van der Waals surface area contributed by atoms with E-state index in [0.29, 0.717) is 0 Å². The van der Waals surface area contributed by atoms with Crippen molar-refractivity contribution in [3.8, 4) is 0 Å². The number of carbonyl (C=O) groups excluding carboxylic acids is 1. The standard InChI is InChI=1S/C16H24N2O3/c1-11-14(8-12-6-4-5-7-15(12)17-11)16(20)18(2)9-13(19)10-21-3/h4-7,11,13-14,17,19H,8-10H2,1-3H3. The number of hydrogen-bond donors (Lipinski definition) is 2. The Balaban J connectivity index is 2.02. The lowest BCUT2D eigenvalue weighted by Gasteiger charge is -2.34. The lowest BCUT2D eigenvalue weighted by molar-refractivity contribution is -0.136. The van der Waals surface area contributed by atoms with E-state index in [-0.39, 0.29) is 31.0 Å². The molecule has 5 heteroatoms. The zero-order valence-electron chi connectivity index (χ0n) is 12.9. The van der Waals surface area contributed by atoms with Crippen LogP contribution in [-0.2, 0) is 16.0 Å². The van der Waals surface area contributed by atoms with E-state index in [0.717, 1.165) is 12.1 Å². The van der Waals surface area contributed by atoms with Crippen molar-refractivity contribution in [1.29, 1.82) is 0 Å². The minimum atomic E-state index is -0.650. The van der Waals surface area contributed by atoms with Crippen molar-refractivity contribution in [3.63, 3.8) is 0 Å². The van der Waals surface area contributed by atoms with Gasteiger partial charge in [-0.15, -0.1) is 0 Å². The Labute approximate surface area is 125 Å². The maximum absolute atomic E-state index is 12.6. The molecule has 0 aliphatic carbocycles. The number of fused-ring (bicyclic) bond motifs is 1. The highest BCUT2D eigenvalue weighted by atomic mass is 16.5. The Hall–Kier alpha value is -1.59. The van der Waals surface area contributed by atoms with Gasteiger partial charge in [0.25, 0.3) is 0 Å². The molecular formula is C16H24N2O3. The number of amides is 1. The van der Waals surface area contributed by atoms with Crippen molar-refractivity contribution in [2.75, 3.05) is 32.6 Å². The van der Waals surface area contributed by atoms with Crippen molar-refractivity contribution in [2.24, 2.45) is 5.92 Å². The van der Waals surface area contributed by atoms with E-state index in [4.69, 9.17) is 4.74 Å². The summed E-state index contributed by atoms with van der Waals surface area (Å²) < 4.78 is 4.90. The molecule has 116 valence electrons. The highest BCUT2D eigenvalue weighted by Crippen LogP contribution is 2.29. The third kappa shape index (κ3) is 3.74. The minimum Gasteiger partial charge on any atom is -0.389 e. The summed E-state index contributed by atoms with van der Waals surface area (Å²) in [5.74, 6) is -0.0562. The third-order valence-electron chi connectivity index (χ3n) is 3.98. The largest absolute Gasteiger partial charge is 0.389 e. The smallest absolute Gasteiger partial charge is 0.227 e. The minimum absolute atomic E-state index is 0.0552. The molecule has 1 aliphatic heterocycles. The van der Waals surface area contributed by atoms with Gasteiger partial charge in [-0.05, 0) is 25.0 Å². The first-order valence-corrected chi connectivity index (χ1v) is 7.29. The predicted molar refractivity (Wildman–Crippen MR) is 82.2 cm³/mol. The number of hydrogen-bond acceptors (Lipinski definition) is 4. The Morgan fingerprint density at radius 2 is 2.24 bits per heavy atom. The van der Waals surface area contributed by atoms with Crippen LogP contribution in [0.1, 0.15) is 12.5 Å². The SMILES string of the molecule is COCC(O)CN(C)C(=O)C1Cc2ccccc2NC1C. The van der Waals surface area contributed by atoms with Crippen LogP contribution in [0.2, 0.25) is 0 Å². The second-order valence-corrected chi connectivity index (χ2v) is 5.73. The Kier molecular flexibility index (Phi) is 5.20. The third-order valence-corrected chi connectivity index (χ3v) is 3.98. The van der Waals surface area contributed by atoms with Crippen LogP contribution in [-0.4, -0.2) is 55.4 Å². The topological polar surface area (TPSA) is 61.8 Å². The maximum Gasteiger partial charge on any atom is 0.227 e. The van der Waals surface area contributed by atoms with Crippen molar-refractivity contribution in [3.05, 3.63) is 29.8 Å². The number of nitrogens with zero attached hydrogens (tertiary/aromatic N) is 1. The number of nitrogens with one attached hydrogen (secondary N) is 1. The van der Waals surface area contributed by atoms with Gasteiger partial charge in [-0.1, -0.05) is 18.2 Å². The zero-order chi connectivity index (χ0) is 15.4. The second-order valence-electron chi connectivity index (χ2n) is 5.73. The Morgan fingerprint density at radius 3 is 2.95 bits per heavy atom. The summed E-state index contributed by atoms with van der Waals surface area (Å²) in [5, 5.41) is 13.1. The van der Waals surface area contributed by atoms with Crippen LogP contribution in [0.3, 0.4) is 0 Å². The van der Waals surface area contributed by atoms with E-state index in [9.17, 15) is 9.90 Å². The molecular weight excluding hydrogens is 268 g/mol. The number of aliphatic hydroxyl groups excluding tert-OH is 1. The van der Waals surface area contributed by atoms with Crippen LogP contribution in [0.25, 0.3) is 0 Å². The number of carbonyl (C=O) groups is 1. The monoisotopic (exact) mass is 292 g/mol. The molecule has 1 aromatic rings. The number of methoxy groups -OCH3 is 1. The van der Waals surface area contributed by atoms with Crippen LogP contribution in [0.4, 0.5) is 5.69 Å². The summed E-state index contributed by atoms with van der Waals surface area (Å²) in [5.41, 5.74) is 2.27. The van der Waals surface area contributed by atoms with Gasteiger partial charge in [0, 0.05) is 32.4 Å². The highest BCUT2D eigenvalue weighted by molar-refractivity contribution is 5.81. The number of para-hydroxylation sites is 1. The van der Waals surface area contributed by atoms with Crippen LogP contribution < -0.4 is 5.32 Å². The van der Waals surface area contributed by atoms with Crippen molar-refractivity contribution in [1.82, 2.24) is 4.90 Å². The van der Waals surface area contributed by atoms with E-state index in [1.54, 1.807) is 11.9 Å². The van der Waals surface area contributed by atoms with E-state index >= 15 is 0 Å². The molecule has 0 radical (unpaired) electrons. The van der Waals surface area contributed by atoms with Gasteiger partial charge in [-0.2, -0.15) is 0 Å². The van der Waals surface area contributed by atoms with E-state index in [2.05, 4.69) is 5.32 Å². The fourth-order valence-electron chi connectivity index (χ4n) is 2.83. The molecule has 1 heterocycles. The quantitative estimate of drug-likeness (QED) is 0.854. The Bertz CT molecular complexity index is 492. The van der Waals surface area contributed by atoms with E-state index in [1.165, 1.54) is 12.7 Å². The molecule has 1 amide bonds. The van der Waals surface area contributed by atoms with Gasteiger partial charge in [0.15, 0.2) is 0 Å². The average Bonchev–Trinajstić information content (AvgIpc) is 2.46. The highest BCUT2D eigenvalue weighted by Gasteiger charge is 2.32. The van der Waals surface area contributed by atoms with Gasteiger partial charge in [0.05, 0.1) is 18.6 Å². The number of benzene rings is 1. The normalized spacial score (nSPS) is 22.1. The Morgan fingerprint density at radius 1 is 1.52 bits per heavy atom. The fraction of sp³-hybridized carbons (Fsp3) is 0.562. The van der Waals surface area contributed by atoms with Gasteiger partial charge in [0.2, 0.25) is 5.91 Å². The summed E-state index contributed by atoms with van der Waals surface area (Å²) in [4.78, 5) is 14.2. The second kappa shape index (κ2) is 6.91. The molecule has 0 spiro atoms. The van der Waals surface area contributed by atoms with Gasteiger partial charge in [-0.25, -0.2) is 0 Å². The summed E-state index contributed by atoms with van der Waals surface area (Å²) >= 11 is 0. The molecule has 0 fully saturated rings. The number of likely N-dealkylation sites (N-methyl/N-ethyl adjacent to an activating group) is 1. The summed E-state index contributed by atoms with van der Waals surface area (Å²) in [6, 6.07) is 8.15. The van der Waals surface area contributed by atoms with Crippen LogP contribution in [0, 0.1) is 5.92 Å². The maximum atomic E-state index is 12.6. The lowest BCUT2D eigenvalue weighted by atomic mass is 9.87. The summed E-state index contributed by atoms with van der Waals surface area (Å²) in [7, 11) is 3.27. The molecule has 3 unspecified atom stereocenters. The van der Waals surface area contributed by atoms with Crippen LogP contribution >= 0.6 is 0 Å². The predicted octanol–water partition coefficient (Wildman–Crippen LogP) is 1.12. The molecule has 0 saturated carbocycles. The molecule has 0 bridgehead atoms. The number of aliphatic hydroxyl groups is 1. The van der Waals surface area contributed by atoms with Gasteiger partial charge in [-0.3, -0.25) is 4.79 Å². The van der Waals surface area contributed by atoms with E-state index < -0.39 is 6.10 Å². The average molecular weight is 292 g/mol. The molecule has 0 aromatic heterocycles. The van der Waals surface area contributed by atoms with Crippen molar-refractivity contribution in [2.45, 2.75) is 25.5 Å². The van der Waals surface area contributed by atoms with Crippen LogP contribution in [0.15, 0.2) is 24.3 Å². The molecule has 21 heavy (non-hydrogen) atoms. The van der Waals surface area contributed by atoms with Crippen molar-refractivity contribution < 1.29 is 14.6 Å². The summed E-state index contributed by atoms with van der Waals surface area (Å²) in [6.45, 7) is 2.55. The molecule has 2 N–H and O–H groups in total. The van der Waals surface area contributed by atoms with Crippen LogP contribution in [0.5, 0.6) is 0 Å². The number of anilines is 1. The summed E-state index contributed by atoms with van der Waals surface area (Å²) in [6.07, 6.45) is 0.0801. The molecule has 1 aliphatic rings. The molecule has 5 nitrogen and oxygen atoms in total. The first-order chi connectivity index (χ1) is 10.0. The van der Waals surface area contributed by atoms with Gasteiger partial charge >= 0.3 is 0 Å². The first-order valence-electron chi connectivity index (χ1n) is 7.29. The zero-order valence-corrected chi connectivity index (χ0v) is 12.9. The fourth-order valence-corrected chi connectivity index (χ4v) is 2.83. The van der Waals surface area contributed by atoms with Crippen molar-refractivity contribution >= 4 is 11.6 Å².